The van der Waals surface area contributed by atoms with E-state index < -0.39 is 0 Å². The van der Waals surface area contributed by atoms with Gasteiger partial charge in [-0.1, -0.05) is 30.0 Å². The number of aliphatic imine (C=N–C) groups is 1. The van der Waals surface area contributed by atoms with E-state index in [9.17, 15) is 0 Å². The maximum Gasteiger partial charge on any atom is 0.161 e. The molecule has 2 aliphatic rings. The van der Waals surface area contributed by atoms with Crippen molar-refractivity contribution in [2.45, 2.75) is 6.54 Å². The highest BCUT2D eigenvalue weighted by Gasteiger charge is 2.13. The molecule has 0 bridgehead atoms. The molecule has 0 atom stereocenters. The van der Waals surface area contributed by atoms with Gasteiger partial charge in [-0.2, -0.15) is 0 Å². The summed E-state index contributed by atoms with van der Waals surface area (Å²) < 4.78 is 5.35. The van der Waals surface area contributed by atoms with Gasteiger partial charge in [-0.3, -0.25) is 9.89 Å². The predicted octanol–water partition coefficient (Wildman–Crippen LogP) is 2.88. The zero-order chi connectivity index (χ0) is 12.9. The molecule has 1 aromatic rings. The van der Waals surface area contributed by atoms with Crippen molar-refractivity contribution in [2.75, 3.05) is 43.9 Å². The Bertz CT molecular complexity index is 467. The van der Waals surface area contributed by atoms with Crippen molar-refractivity contribution in [1.29, 1.82) is 0 Å². The number of morpholine rings is 1. The third-order valence-electron chi connectivity index (χ3n) is 3.40. The van der Waals surface area contributed by atoms with Crippen LogP contribution in [-0.4, -0.2) is 48.7 Å². The van der Waals surface area contributed by atoms with Crippen LogP contribution in [0.3, 0.4) is 0 Å². The first-order valence-corrected chi connectivity index (χ1v) is 7.73. The second kappa shape index (κ2) is 9.54. The molecule has 118 valence electrons. The first-order chi connectivity index (χ1) is 9.42. The highest BCUT2D eigenvalue weighted by Crippen LogP contribution is 2.23. The van der Waals surface area contributed by atoms with E-state index in [1.807, 2.05) is 11.8 Å². The van der Waals surface area contributed by atoms with Gasteiger partial charge in [0.2, 0.25) is 0 Å². The van der Waals surface area contributed by atoms with Gasteiger partial charge in [0.05, 0.1) is 19.8 Å². The molecular weight excluding hydrogens is 329 g/mol. The van der Waals surface area contributed by atoms with E-state index in [0.29, 0.717) is 0 Å². The van der Waals surface area contributed by atoms with Gasteiger partial charge in [-0.05, 0) is 11.6 Å². The highest BCUT2D eigenvalue weighted by molar-refractivity contribution is 8.14. The Morgan fingerprint density at radius 2 is 1.95 bits per heavy atom. The summed E-state index contributed by atoms with van der Waals surface area (Å²) in [5, 5.41) is 4.45. The molecule has 1 saturated heterocycles. The molecule has 1 fully saturated rings. The third kappa shape index (κ3) is 5.34. The Kier molecular flexibility index (Phi) is 8.44. The van der Waals surface area contributed by atoms with Crippen molar-refractivity contribution in [2.24, 2.45) is 4.99 Å². The lowest BCUT2D eigenvalue weighted by Crippen LogP contribution is -2.37. The molecule has 1 N–H and O–H groups in total. The predicted molar refractivity (Wildman–Crippen MR) is 95.4 cm³/mol. The number of ether oxygens (including phenoxy) is 1. The van der Waals surface area contributed by atoms with Gasteiger partial charge in [0.1, 0.15) is 0 Å². The lowest BCUT2D eigenvalue weighted by Gasteiger charge is -2.26. The number of halogens is 2. The number of nitrogens with one attached hydrogen (secondary N) is 1. The molecule has 0 aliphatic carbocycles. The molecule has 21 heavy (non-hydrogen) atoms. The first kappa shape index (κ1) is 18.6. The summed E-state index contributed by atoms with van der Waals surface area (Å²) in [6, 6.07) is 8.37. The Balaban J connectivity index is 0.00000110. The lowest BCUT2D eigenvalue weighted by atomic mass is 10.1. The van der Waals surface area contributed by atoms with Gasteiger partial charge in [0.25, 0.3) is 0 Å². The van der Waals surface area contributed by atoms with Gasteiger partial charge in [-0.25, -0.2) is 0 Å². The number of anilines is 1. The highest BCUT2D eigenvalue weighted by atomic mass is 35.5. The zero-order valence-corrected chi connectivity index (χ0v) is 14.2. The maximum absolute atomic E-state index is 5.35. The Hall–Kier alpha value is -0.460. The fraction of sp³-hybridized carbons (Fsp3) is 0.500. The molecule has 3 rings (SSSR count). The van der Waals surface area contributed by atoms with E-state index in [0.717, 1.165) is 50.3 Å². The van der Waals surface area contributed by atoms with Gasteiger partial charge < -0.3 is 10.1 Å². The summed E-state index contributed by atoms with van der Waals surface area (Å²) in [5.41, 5.74) is 2.48. The monoisotopic (exact) mass is 349 g/mol. The normalized spacial score (nSPS) is 17.6. The van der Waals surface area contributed by atoms with Crippen LogP contribution in [0.1, 0.15) is 5.56 Å². The molecule has 0 unspecified atom stereocenters. The Labute approximate surface area is 142 Å². The second-order valence-electron chi connectivity index (χ2n) is 4.71. The summed E-state index contributed by atoms with van der Waals surface area (Å²) in [6.45, 7) is 5.76. The first-order valence-electron chi connectivity index (χ1n) is 6.74. The van der Waals surface area contributed by atoms with Crippen molar-refractivity contribution in [3.8, 4) is 0 Å². The molecule has 0 aromatic heterocycles. The van der Waals surface area contributed by atoms with Crippen LogP contribution < -0.4 is 5.32 Å². The fourth-order valence-corrected chi connectivity index (χ4v) is 3.15. The minimum atomic E-state index is 0. The van der Waals surface area contributed by atoms with E-state index in [-0.39, 0.29) is 24.8 Å². The molecule has 0 radical (unpaired) electrons. The van der Waals surface area contributed by atoms with E-state index in [1.54, 1.807) is 0 Å². The summed E-state index contributed by atoms with van der Waals surface area (Å²) in [5.74, 6) is 1.08. The third-order valence-corrected chi connectivity index (χ3v) is 4.29. The molecule has 4 nitrogen and oxygen atoms in total. The number of para-hydroxylation sites is 1. The molecule has 2 heterocycles. The van der Waals surface area contributed by atoms with Crippen LogP contribution in [0.15, 0.2) is 29.3 Å². The van der Waals surface area contributed by atoms with Crippen LogP contribution in [-0.2, 0) is 11.3 Å². The van der Waals surface area contributed by atoms with Gasteiger partial charge >= 0.3 is 0 Å². The molecule has 7 heteroatoms. The molecule has 2 aliphatic heterocycles. The average Bonchev–Trinajstić information content (AvgIpc) is 2.48. The minimum absolute atomic E-state index is 0. The topological polar surface area (TPSA) is 36.9 Å². The van der Waals surface area contributed by atoms with E-state index in [1.165, 1.54) is 11.3 Å². The van der Waals surface area contributed by atoms with Gasteiger partial charge in [0.15, 0.2) is 5.17 Å². The number of hydrogen-bond acceptors (Lipinski definition) is 5. The summed E-state index contributed by atoms with van der Waals surface area (Å²) in [6.07, 6.45) is 0. The van der Waals surface area contributed by atoms with E-state index in [2.05, 4.69) is 39.5 Å². The maximum atomic E-state index is 5.35. The van der Waals surface area contributed by atoms with Gasteiger partial charge in [0, 0.05) is 31.1 Å². The number of nitrogens with zero attached hydrogens (tertiary/aromatic N) is 2. The Morgan fingerprint density at radius 3 is 2.76 bits per heavy atom. The minimum Gasteiger partial charge on any atom is -0.379 e. The van der Waals surface area contributed by atoms with Crippen molar-refractivity contribution >= 4 is 47.4 Å². The number of hydrogen-bond donors (Lipinski definition) is 1. The number of fused-ring (bicyclic) bond motifs is 1. The van der Waals surface area contributed by atoms with Crippen LogP contribution >= 0.6 is 36.6 Å². The molecule has 0 saturated carbocycles. The summed E-state index contributed by atoms with van der Waals surface area (Å²) >= 11 is 1.81. The standard InChI is InChI=1S/C14H19N3OS.2ClH/c1-2-4-13-12(3-1)11-15-14(16-13)19-10-7-17-5-8-18-9-6-17;;/h1-4H,5-11H2,(H,15,16);2*1H. The number of thioether (sulfide) groups is 1. The molecular formula is C14H21Cl2N3OS. The largest absolute Gasteiger partial charge is 0.379 e. The lowest BCUT2D eigenvalue weighted by molar-refractivity contribution is 0.0410. The zero-order valence-electron chi connectivity index (χ0n) is 11.8. The smallest absolute Gasteiger partial charge is 0.161 e. The number of amidine groups is 1. The van der Waals surface area contributed by atoms with E-state index in [4.69, 9.17) is 4.74 Å². The van der Waals surface area contributed by atoms with Crippen LogP contribution in [0, 0.1) is 0 Å². The number of benzene rings is 1. The second-order valence-corrected chi connectivity index (χ2v) is 5.79. The molecule has 1 aromatic carbocycles. The van der Waals surface area contributed by atoms with Crippen molar-refractivity contribution in [3.05, 3.63) is 29.8 Å². The molecule has 0 amide bonds. The number of rotatable bonds is 3. The van der Waals surface area contributed by atoms with Crippen molar-refractivity contribution in [1.82, 2.24) is 4.90 Å². The average molecular weight is 350 g/mol. The summed E-state index contributed by atoms with van der Waals surface area (Å²) in [4.78, 5) is 7.03. The van der Waals surface area contributed by atoms with Gasteiger partial charge in [-0.15, -0.1) is 24.8 Å². The van der Waals surface area contributed by atoms with Crippen LogP contribution in [0.25, 0.3) is 0 Å². The van der Waals surface area contributed by atoms with Crippen LogP contribution in [0.4, 0.5) is 5.69 Å². The van der Waals surface area contributed by atoms with Crippen LogP contribution in [0.5, 0.6) is 0 Å². The summed E-state index contributed by atoms with van der Waals surface area (Å²) in [7, 11) is 0. The quantitative estimate of drug-likeness (QED) is 0.910. The SMILES string of the molecule is Cl.Cl.c1ccc2c(c1)CN=C(SCCN1CCOCC1)N2. The van der Waals surface area contributed by atoms with Crippen LogP contribution in [0.2, 0.25) is 0 Å². The molecule has 0 spiro atoms. The van der Waals surface area contributed by atoms with E-state index >= 15 is 0 Å². The van der Waals surface area contributed by atoms with Crippen molar-refractivity contribution < 1.29 is 4.74 Å². The Morgan fingerprint density at radius 1 is 1.19 bits per heavy atom. The fourth-order valence-electron chi connectivity index (χ4n) is 2.27. The van der Waals surface area contributed by atoms with Crippen molar-refractivity contribution in [3.63, 3.8) is 0 Å².